The number of halogens is 1. The van der Waals surface area contributed by atoms with E-state index in [2.05, 4.69) is 46.6 Å². The number of nitrogens with zero attached hydrogens (tertiary/aromatic N) is 6. The van der Waals surface area contributed by atoms with Gasteiger partial charge in [0.2, 0.25) is 11.8 Å². The van der Waals surface area contributed by atoms with Crippen LogP contribution >= 0.6 is 15.9 Å². The number of aryl methyl sites for hydroxylation is 3. The number of Topliss-reactive ketones (excluding diaryl/α,β-unsaturated/α-hetero) is 1. The van der Waals surface area contributed by atoms with E-state index in [4.69, 9.17) is 0 Å². The van der Waals surface area contributed by atoms with Crippen molar-refractivity contribution in [3.8, 4) is 11.1 Å². The van der Waals surface area contributed by atoms with E-state index >= 15 is 0 Å². The second kappa shape index (κ2) is 10.9. The summed E-state index contributed by atoms with van der Waals surface area (Å²) in [7, 11) is 1.89. The highest BCUT2D eigenvalue weighted by atomic mass is 79.9. The molecule has 6 rings (SSSR count). The molecule has 4 aromatic rings. The standard InChI is InChI=1S/C31H33BrN8O3/c1-16-6-7-25(32)36-29(16)37-30(43)23-10-31(15-33-5)11-24(31)40(23)26(42)14-39-28-17(2)8-20(21-12-34-19(4)35-13-21)9-22(28)27(38-39)18(3)41/h6-9,12-13,23-24,33H,10-11,14-15H2,1-5H3,(H,36,37,43)/t23-,24+,31-/m0/s1. The molecule has 0 bridgehead atoms. The average Bonchev–Trinajstić information content (AvgIpc) is 3.35. The summed E-state index contributed by atoms with van der Waals surface area (Å²) in [5.74, 6) is 0.460. The number of amides is 2. The molecule has 0 spiro atoms. The highest BCUT2D eigenvalue weighted by Gasteiger charge is 2.66. The van der Waals surface area contributed by atoms with Crippen molar-refractivity contribution >= 4 is 50.2 Å². The Kier molecular flexibility index (Phi) is 7.37. The van der Waals surface area contributed by atoms with Crippen LogP contribution in [0.15, 0.2) is 41.3 Å². The minimum atomic E-state index is -0.650. The van der Waals surface area contributed by atoms with Gasteiger partial charge in [-0.05, 0) is 91.5 Å². The maximum atomic E-state index is 14.1. The number of nitrogens with one attached hydrogen (secondary N) is 2. The minimum Gasteiger partial charge on any atom is -0.325 e. The molecule has 4 heterocycles. The molecule has 0 unspecified atom stereocenters. The molecule has 0 radical (unpaired) electrons. The van der Waals surface area contributed by atoms with Gasteiger partial charge >= 0.3 is 0 Å². The van der Waals surface area contributed by atoms with Crippen LogP contribution in [0.2, 0.25) is 0 Å². The number of pyridine rings is 1. The Labute approximate surface area is 257 Å². The Hall–Kier alpha value is -4.03. The van der Waals surface area contributed by atoms with Crippen molar-refractivity contribution in [2.75, 3.05) is 18.9 Å². The van der Waals surface area contributed by atoms with Crippen molar-refractivity contribution in [2.24, 2.45) is 5.41 Å². The van der Waals surface area contributed by atoms with Gasteiger partial charge in [0, 0.05) is 48.3 Å². The van der Waals surface area contributed by atoms with E-state index in [0.29, 0.717) is 45.8 Å². The van der Waals surface area contributed by atoms with Crippen LogP contribution < -0.4 is 10.6 Å². The summed E-state index contributed by atoms with van der Waals surface area (Å²) in [4.78, 5) is 55.2. The van der Waals surface area contributed by atoms with Crippen LogP contribution in [0.5, 0.6) is 0 Å². The zero-order valence-electron chi connectivity index (χ0n) is 24.7. The normalized spacial score (nSPS) is 20.7. The Morgan fingerprint density at radius 3 is 2.49 bits per heavy atom. The van der Waals surface area contributed by atoms with Crippen LogP contribution in [0.3, 0.4) is 0 Å². The average molecular weight is 646 g/mol. The number of benzene rings is 1. The molecule has 1 aliphatic heterocycles. The summed E-state index contributed by atoms with van der Waals surface area (Å²) < 4.78 is 2.22. The molecule has 3 atom stereocenters. The third kappa shape index (κ3) is 5.22. The molecule has 1 saturated heterocycles. The lowest BCUT2D eigenvalue weighted by atomic mass is 9.99. The zero-order chi connectivity index (χ0) is 30.6. The SMILES string of the molecule is CNC[C@@]12C[C@@H](C(=O)Nc3nc(Br)ccc3C)N(C(=O)Cn3nc(C(C)=O)c4cc(-c5cnc(C)nc5)cc(C)c43)[C@@H]1C2. The van der Waals surface area contributed by atoms with Gasteiger partial charge in [0.25, 0.3) is 0 Å². The molecule has 12 heteroatoms. The van der Waals surface area contributed by atoms with Crippen molar-refractivity contribution in [3.05, 3.63) is 63.9 Å². The summed E-state index contributed by atoms with van der Waals surface area (Å²) in [6.45, 7) is 7.73. The second-order valence-electron chi connectivity index (χ2n) is 11.7. The van der Waals surface area contributed by atoms with E-state index in [1.54, 1.807) is 22.0 Å². The lowest BCUT2D eigenvalue weighted by Crippen LogP contribution is -2.47. The van der Waals surface area contributed by atoms with Crippen LogP contribution in [-0.2, 0) is 16.1 Å². The largest absolute Gasteiger partial charge is 0.325 e. The van der Waals surface area contributed by atoms with Crippen LogP contribution in [-0.4, -0.2) is 72.9 Å². The Morgan fingerprint density at radius 1 is 1.05 bits per heavy atom. The van der Waals surface area contributed by atoms with Gasteiger partial charge < -0.3 is 15.5 Å². The van der Waals surface area contributed by atoms with Gasteiger partial charge in [-0.3, -0.25) is 19.1 Å². The molecule has 2 N–H and O–H groups in total. The summed E-state index contributed by atoms with van der Waals surface area (Å²) >= 11 is 3.37. The number of aromatic nitrogens is 5. The van der Waals surface area contributed by atoms with Crippen molar-refractivity contribution in [3.63, 3.8) is 0 Å². The molecule has 2 fully saturated rings. The molecule has 1 saturated carbocycles. The van der Waals surface area contributed by atoms with E-state index in [-0.39, 0.29) is 35.6 Å². The summed E-state index contributed by atoms with van der Waals surface area (Å²) in [5, 5.41) is 11.5. The summed E-state index contributed by atoms with van der Waals surface area (Å²) in [6.07, 6.45) is 4.89. The number of rotatable bonds is 8. The highest BCUT2D eigenvalue weighted by Crippen LogP contribution is 2.59. The topological polar surface area (TPSA) is 135 Å². The number of piperidine rings is 1. The fraction of sp³-hybridized carbons (Fsp3) is 0.387. The summed E-state index contributed by atoms with van der Waals surface area (Å²) in [5.41, 5.74) is 4.23. The predicted octanol–water partition coefficient (Wildman–Crippen LogP) is 4.00. The Balaban J connectivity index is 1.33. The second-order valence-corrected chi connectivity index (χ2v) is 12.5. The first-order chi connectivity index (χ1) is 20.5. The molecule has 2 aliphatic rings. The third-order valence-electron chi connectivity index (χ3n) is 8.61. The first kappa shape index (κ1) is 29.1. The van der Waals surface area contributed by atoms with E-state index in [9.17, 15) is 14.4 Å². The maximum Gasteiger partial charge on any atom is 0.248 e. The maximum absolute atomic E-state index is 14.1. The Bertz CT molecular complexity index is 1790. The van der Waals surface area contributed by atoms with Crippen molar-refractivity contribution in [1.82, 2.24) is 34.9 Å². The number of hydrogen-bond donors (Lipinski definition) is 2. The fourth-order valence-corrected chi connectivity index (χ4v) is 6.78. The van der Waals surface area contributed by atoms with E-state index in [0.717, 1.165) is 28.7 Å². The van der Waals surface area contributed by atoms with Gasteiger partial charge in [0.05, 0.1) is 5.52 Å². The number of carbonyl (C=O) groups excluding carboxylic acids is 3. The van der Waals surface area contributed by atoms with E-state index in [1.807, 2.05) is 52.1 Å². The van der Waals surface area contributed by atoms with Crippen LogP contribution in [0, 0.1) is 26.2 Å². The molecule has 3 aromatic heterocycles. The van der Waals surface area contributed by atoms with E-state index in [1.165, 1.54) is 6.92 Å². The summed E-state index contributed by atoms with van der Waals surface area (Å²) in [6, 6.07) is 6.88. The first-order valence-corrected chi connectivity index (χ1v) is 15.0. The molecular weight excluding hydrogens is 612 g/mol. The molecule has 1 aromatic carbocycles. The highest BCUT2D eigenvalue weighted by molar-refractivity contribution is 9.10. The first-order valence-electron chi connectivity index (χ1n) is 14.2. The van der Waals surface area contributed by atoms with Gasteiger partial charge in [0.1, 0.15) is 34.5 Å². The molecule has 222 valence electrons. The fourth-order valence-electron chi connectivity index (χ4n) is 6.47. The number of anilines is 1. The number of fused-ring (bicyclic) bond motifs is 2. The van der Waals surface area contributed by atoms with E-state index < -0.39 is 6.04 Å². The zero-order valence-corrected chi connectivity index (χ0v) is 26.3. The number of carbonyl (C=O) groups is 3. The molecule has 1 aliphatic carbocycles. The molecule has 11 nitrogen and oxygen atoms in total. The van der Waals surface area contributed by atoms with Gasteiger partial charge in [0.15, 0.2) is 5.78 Å². The number of likely N-dealkylation sites (tertiary alicyclic amines) is 1. The monoisotopic (exact) mass is 644 g/mol. The third-order valence-corrected chi connectivity index (χ3v) is 9.05. The van der Waals surface area contributed by atoms with Crippen LogP contribution in [0.1, 0.15) is 47.2 Å². The lowest BCUT2D eigenvalue weighted by Gasteiger charge is -2.27. The van der Waals surface area contributed by atoms with Crippen molar-refractivity contribution in [1.29, 1.82) is 0 Å². The van der Waals surface area contributed by atoms with Crippen LogP contribution in [0.25, 0.3) is 22.0 Å². The van der Waals surface area contributed by atoms with Gasteiger partial charge in [-0.1, -0.05) is 6.07 Å². The van der Waals surface area contributed by atoms with Gasteiger partial charge in [-0.25, -0.2) is 15.0 Å². The molecule has 2 amide bonds. The molecule has 43 heavy (non-hydrogen) atoms. The number of hydrogen-bond acceptors (Lipinski definition) is 8. The quantitative estimate of drug-likeness (QED) is 0.217. The Morgan fingerprint density at radius 2 is 1.79 bits per heavy atom. The van der Waals surface area contributed by atoms with Gasteiger partial charge in [-0.15, -0.1) is 0 Å². The minimum absolute atomic E-state index is 0.0527. The lowest BCUT2D eigenvalue weighted by molar-refractivity contribution is -0.138. The van der Waals surface area contributed by atoms with Gasteiger partial charge in [-0.2, -0.15) is 5.10 Å². The molecular formula is C31H33BrN8O3. The number of ketones is 1. The predicted molar refractivity (Wildman–Crippen MR) is 166 cm³/mol. The van der Waals surface area contributed by atoms with Crippen LogP contribution in [0.4, 0.5) is 5.82 Å². The van der Waals surface area contributed by atoms with Crippen molar-refractivity contribution < 1.29 is 14.4 Å². The smallest absolute Gasteiger partial charge is 0.248 e. The van der Waals surface area contributed by atoms with Crippen molar-refractivity contribution in [2.45, 2.75) is 59.2 Å².